The fraction of sp³-hybridized carbons (Fsp3) is 0.588. The number of para-hydroxylation sites is 1. The number of carbonyl (C=O) groups excluding carboxylic acids is 1. The maximum absolute atomic E-state index is 12.3. The third kappa shape index (κ3) is 3.19. The van der Waals surface area contributed by atoms with Crippen molar-refractivity contribution in [1.29, 1.82) is 0 Å². The highest BCUT2D eigenvalue weighted by molar-refractivity contribution is 7.93. The van der Waals surface area contributed by atoms with Gasteiger partial charge in [0.25, 0.3) is 0 Å². The molecule has 3 rings (SSSR count). The molecule has 5 heteroatoms. The Hall–Kier alpha value is -1.36. The lowest BCUT2D eigenvalue weighted by Gasteiger charge is -2.26. The van der Waals surface area contributed by atoms with E-state index < -0.39 is 9.84 Å². The summed E-state index contributed by atoms with van der Waals surface area (Å²) in [6, 6.07) is 9.55. The van der Waals surface area contributed by atoms with Crippen LogP contribution in [0.5, 0.6) is 5.75 Å². The molecule has 2 bridgehead atoms. The lowest BCUT2D eigenvalue weighted by atomic mass is 9.92. The largest absolute Gasteiger partial charge is 0.494 e. The minimum Gasteiger partial charge on any atom is -0.494 e. The van der Waals surface area contributed by atoms with Crippen LogP contribution in [0.2, 0.25) is 0 Å². The standard InChI is InChI=1S/C17H22O4S/c18-17(7-4-10-21-14-5-2-1-3-6-14)13-11-15-8-9-16(12-13)22(15,19)20/h1-3,5-6,13,15-16H,4,7-12H2. The van der Waals surface area contributed by atoms with Crippen molar-refractivity contribution in [2.45, 2.75) is 49.0 Å². The Bertz CT molecular complexity index is 603. The molecule has 0 saturated carbocycles. The Kier molecular flexibility index (Phi) is 4.52. The van der Waals surface area contributed by atoms with Crippen molar-refractivity contribution in [3.05, 3.63) is 30.3 Å². The molecule has 2 saturated heterocycles. The highest BCUT2D eigenvalue weighted by Crippen LogP contribution is 2.41. The normalized spacial score (nSPS) is 29.2. The van der Waals surface area contributed by atoms with Crippen LogP contribution in [0, 0.1) is 5.92 Å². The molecule has 2 aliphatic rings. The van der Waals surface area contributed by atoms with E-state index in [1.807, 2.05) is 30.3 Å². The summed E-state index contributed by atoms with van der Waals surface area (Å²) in [6.07, 6.45) is 3.74. The molecule has 0 aromatic heterocycles. The summed E-state index contributed by atoms with van der Waals surface area (Å²) >= 11 is 0. The Morgan fingerprint density at radius 3 is 2.36 bits per heavy atom. The van der Waals surface area contributed by atoms with Gasteiger partial charge in [-0.05, 0) is 44.2 Å². The monoisotopic (exact) mass is 322 g/mol. The third-order valence-electron chi connectivity index (χ3n) is 4.87. The van der Waals surface area contributed by atoms with Gasteiger partial charge >= 0.3 is 0 Å². The zero-order valence-electron chi connectivity index (χ0n) is 12.6. The van der Waals surface area contributed by atoms with Gasteiger partial charge < -0.3 is 4.74 Å². The topological polar surface area (TPSA) is 60.4 Å². The number of fused-ring (bicyclic) bond motifs is 2. The summed E-state index contributed by atoms with van der Waals surface area (Å²) in [6.45, 7) is 0.521. The smallest absolute Gasteiger partial charge is 0.156 e. The van der Waals surface area contributed by atoms with Crippen LogP contribution >= 0.6 is 0 Å². The molecule has 0 radical (unpaired) electrons. The van der Waals surface area contributed by atoms with Crippen LogP contribution in [-0.4, -0.2) is 31.3 Å². The van der Waals surface area contributed by atoms with Gasteiger partial charge in [0.15, 0.2) is 9.84 Å². The predicted octanol–water partition coefficient (Wildman–Crippen LogP) is 2.77. The average molecular weight is 322 g/mol. The van der Waals surface area contributed by atoms with Crippen molar-refractivity contribution in [1.82, 2.24) is 0 Å². The van der Waals surface area contributed by atoms with Gasteiger partial charge in [-0.1, -0.05) is 18.2 Å². The first-order chi connectivity index (χ1) is 10.6. The van der Waals surface area contributed by atoms with Crippen LogP contribution < -0.4 is 4.74 Å². The molecule has 0 N–H and O–H groups in total. The van der Waals surface area contributed by atoms with E-state index in [1.165, 1.54) is 0 Å². The van der Waals surface area contributed by atoms with Gasteiger partial charge in [-0.25, -0.2) is 8.42 Å². The van der Waals surface area contributed by atoms with Crippen LogP contribution in [0.4, 0.5) is 0 Å². The van der Waals surface area contributed by atoms with Crippen LogP contribution in [0.1, 0.15) is 38.5 Å². The van der Waals surface area contributed by atoms with Crippen molar-refractivity contribution in [3.8, 4) is 5.75 Å². The van der Waals surface area contributed by atoms with Gasteiger partial charge in [0.05, 0.1) is 17.1 Å². The predicted molar refractivity (Wildman–Crippen MR) is 84.6 cm³/mol. The van der Waals surface area contributed by atoms with Crippen LogP contribution in [0.25, 0.3) is 0 Å². The first-order valence-corrected chi connectivity index (χ1v) is 9.61. The Morgan fingerprint density at radius 2 is 1.73 bits per heavy atom. The Morgan fingerprint density at radius 1 is 1.09 bits per heavy atom. The number of ketones is 1. The van der Waals surface area contributed by atoms with E-state index in [-0.39, 0.29) is 22.2 Å². The lowest BCUT2D eigenvalue weighted by molar-refractivity contribution is -0.123. The number of hydrogen-bond donors (Lipinski definition) is 0. The first-order valence-electron chi connectivity index (χ1n) is 8.00. The molecular weight excluding hydrogens is 300 g/mol. The molecule has 4 nitrogen and oxygen atoms in total. The molecule has 0 aliphatic carbocycles. The summed E-state index contributed by atoms with van der Waals surface area (Å²) in [5, 5.41) is -0.526. The lowest BCUT2D eigenvalue weighted by Crippen LogP contribution is -2.36. The van der Waals surface area contributed by atoms with Gasteiger partial charge in [0, 0.05) is 12.3 Å². The van der Waals surface area contributed by atoms with Crippen molar-refractivity contribution >= 4 is 15.6 Å². The fourth-order valence-electron chi connectivity index (χ4n) is 3.63. The number of sulfone groups is 1. The van der Waals surface area contributed by atoms with Crippen molar-refractivity contribution in [2.24, 2.45) is 5.92 Å². The van der Waals surface area contributed by atoms with Crippen LogP contribution in [0.15, 0.2) is 30.3 Å². The van der Waals surface area contributed by atoms with Crippen molar-refractivity contribution in [2.75, 3.05) is 6.61 Å². The molecule has 0 spiro atoms. The molecule has 2 aliphatic heterocycles. The molecule has 2 atom stereocenters. The maximum Gasteiger partial charge on any atom is 0.156 e. The molecule has 1 aromatic carbocycles. The van der Waals surface area contributed by atoms with Gasteiger partial charge in [-0.15, -0.1) is 0 Å². The van der Waals surface area contributed by atoms with Crippen LogP contribution in [-0.2, 0) is 14.6 Å². The number of carbonyl (C=O) groups is 1. The van der Waals surface area contributed by atoms with E-state index in [4.69, 9.17) is 4.74 Å². The number of hydrogen-bond acceptors (Lipinski definition) is 4. The van der Waals surface area contributed by atoms with Crippen molar-refractivity contribution in [3.63, 3.8) is 0 Å². The molecular formula is C17H22O4S. The van der Waals surface area contributed by atoms with Gasteiger partial charge in [0.2, 0.25) is 0 Å². The average Bonchev–Trinajstić information content (AvgIpc) is 2.71. The molecule has 1 aromatic rings. The van der Waals surface area contributed by atoms with E-state index in [9.17, 15) is 13.2 Å². The highest BCUT2D eigenvalue weighted by atomic mass is 32.2. The maximum atomic E-state index is 12.3. The zero-order chi connectivity index (χ0) is 15.6. The minimum absolute atomic E-state index is 0.0576. The molecule has 2 heterocycles. The van der Waals surface area contributed by atoms with Gasteiger partial charge in [-0.3, -0.25) is 4.79 Å². The highest BCUT2D eigenvalue weighted by Gasteiger charge is 2.48. The number of Topliss-reactive ketones (excluding diaryl/α,β-unsaturated/α-hetero) is 1. The number of rotatable bonds is 6. The molecule has 2 fully saturated rings. The second-order valence-electron chi connectivity index (χ2n) is 6.31. The van der Waals surface area contributed by atoms with E-state index in [1.54, 1.807) is 0 Å². The summed E-state index contributed by atoms with van der Waals surface area (Å²) in [5.74, 6) is 0.970. The first kappa shape index (κ1) is 15.5. The van der Waals surface area contributed by atoms with Gasteiger partial charge in [0.1, 0.15) is 11.5 Å². The minimum atomic E-state index is -2.93. The molecule has 22 heavy (non-hydrogen) atoms. The summed E-state index contributed by atoms with van der Waals surface area (Å²) in [4.78, 5) is 12.3. The molecule has 2 unspecified atom stereocenters. The van der Waals surface area contributed by atoms with E-state index in [0.29, 0.717) is 32.3 Å². The van der Waals surface area contributed by atoms with E-state index in [0.717, 1.165) is 18.6 Å². The van der Waals surface area contributed by atoms with E-state index >= 15 is 0 Å². The summed E-state index contributed by atoms with van der Waals surface area (Å²) in [7, 11) is -2.93. The quantitative estimate of drug-likeness (QED) is 0.756. The Labute approximate surface area is 131 Å². The third-order valence-corrected chi connectivity index (χ3v) is 7.58. The fourth-order valence-corrected chi connectivity index (χ4v) is 6.10. The van der Waals surface area contributed by atoms with E-state index in [2.05, 4.69) is 0 Å². The van der Waals surface area contributed by atoms with Gasteiger partial charge in [-0.2, -0.15) is 0 Å². The SMILES string of the molecule is O=C(CCCOc1ccccc1)C1CC2CCC(C1)S2(=O)=O. The number of ether oxygens (including phenoxy) is 1. The molecule has 120 valence electrons. The van der Waals surface area contributed by atoms with Crippen molar-refractivity contribution < 1.29 is 17.9 Å². The second-order valence-corrected chi connectivity index (χ2v) is 8.82. The number of benzene rings is 1. The molecule has 0 amide bonds. The van der Waals surface area contributed by atoms with Crippen LogP contribution in [0.3, 0.4) is 0 Å². The zero-order valence-corrected chi connectivity index (χ0v) is 13.4. The summed E-state index contributed by atoms with van der Waals surface area (Å²) in [5.41, 5.74) is 0. The summed E-state index contributed by atoms with van der Waals surface area (Å²) < 4.78 is 29.6. The Balaban J connectivity index is 1.44. The second kappa shape index (κ2) is 6.41.